The second-order valence-corrected chi connectivity index (χ2v) is 4.94. The van der Waals surface area contributed by atoms with Crippen LogP contribution in [0.25, 0.3) is 0 Å². The SMILES string of the molecule is Cc1cnccc1CNC(C/C(N)=N/O)c1ccccc1. The van der Waals surface area contributed by atoms with Crippen molar-refractivity contribution in [2.24, 2.45) is 10.9 Å². The molecule has 0 amide bonds. The number of nitrogens with one attached hydrogen (secondary N) is 1. The van der Waals surface area contributed by atoms with E-state index in [1.54, 1.807) is 6.20 Å². The Morgan fingerprint density at radius 2 is 2.10 bits per heavy atom. The number of aromatic nitrogens is 1. The van der Waals surface area contributed by atoms with Crippen molar-refractivity contribution < 1.29 is 5.21 Å². The van der Waals surface area contributed by atoms with Crippen LogP contribution in [0.2, 0.25) is 0 Å². The van der Waals surface area contributed by atoms with E-state index in [1.165, 1.54) is 5.56 Å². The first kappa shape index (κ1) is 15.0. The molecule has 0 aliphatic rings. The topological polar surface area (TPSA) is 83.5 Å². The van der Waals surface area contributed by atoms with E-state index < -0.39 is 0 Å². The Kier molecular flexibility index (Phi) is 5.29. The third kappa shape index (κ3) is 4.29. The zero-order valence-electron chi connectivity index (χ0n) is 12.0. The summed E-state index contributed by atoms with van der Waals surface area (Å²) in [7, 11) is 0. The van der Waals surface area contributed by atoms with Crippen molar-refractivity contribution in [1.29, 1.82) is 0 Å². The Labute approximate surface area is 124 Å². The second kappa shape index (κ2) is 7.40. The summed E-state index contributed by atoms with van der Waals surface area (Å²) in [5.41, 5.74) is 9.09. The van der Waals surface area contributed by atoms with E-state index >= 15 is 0 Å². The van der Waals surface area contributed by atoms with Crippen LogP contribution >= 0.6 is 0 Å². The van der Waals surface area contributed by atoms with Gasteiger partial charge in [0.1, 0.15) is 5.84 Å². The minimum absolute atomic E-state index is 0.00494. The Bertz CT molecular complexity index is 598. The predicted octanol–water partition coefficient (Wildman–Crippen LogP) is 2.36. The van der Waals surface area contributed by atoms with Crippen LogP contribution in [0.1, 0.15) is 29.2 Å². The van der Waals surface area contributed by atoms with Crippen molar-refractivity contribution in [3.8, 4) is 0 Å². The fourth-order valence-corrected chi connectivity index (χ4v) is 2.18. The normalized spacial score (nSPS) is 13.1. The lowest BCUT2D eigenvalue weighted by Crippen LogP contribution is -2.27. The molecule has 0 aliphatic heterocycles. The number of hydrogen-bond donors (Lipinski definition) is 3. The van der Waals surface area contributed by atoms with Crippen molar-refractivity contribution >= 4 is 5.84 Å². The average molecular weight is 284 g/mol. The van der Waals surface area contributed by atoms with E-state index in [2.05, 4.69) is 15.5 Å². The van der Waals surface area contributed by atoms with Gasteiger partial charge < -0.3 is 16.3 Å². The van der Waals surface area contributed by atoms with Crippen LogP contribution < -0.4 is 11.1 Å². The monoisotopic (exact) mass is 284 g/mol. The minimum atomic E-state index is -0.00494. The maximum atomic E-state index is 8.79. The molecule has 1 unspecified atom stereocenters. The van der Waals surface area contributed by atoms with Crippen molar-refractivity contribution in [2.75, 3.05) is 0 Å². The van der Waals surface area contributed by atoms with Gasteiger partial charge in [0.05, 0.1) is 0 Å². The Morgan fingerprint density at radius 3 is 2.76 bits per heavy atom. The lowest BCUT2D eigenvalue weighted by molar-refractivity contribution is 0.315. The fourth-order valence-electron chi connectivity index (χ4n) is 2.18. The van der Waals surface area contributed by atoms with Crippen molar-refractivity contribution in [3.05, 3.63) is 65.5 Å². The van der Waals surface area contributed by atoms with Crippen LogP contribution in [-0.2, 0) is 6.54 Å². The molecule has 0 saturated carbocycles. The minimum Gasteiger partial charge on any atom is -0.409 e. The number of nitrogens with two attached hydrogens (primary N) is 1. The highest BCUT2D eigenvalue weighted by Gasteiger charge is 2.13. The summed E-state index contributed by atoms with van der Waals surface area (Å²) < 4.78 is 0. The standard InChI is InChI=1S/C16H20N4O/c1-12-10-18-8-7-14(12)11-19-15(9-16(17)20-21)13-5-3-2-4-6-13/h2-8,10,15,19,21H,9,11H2,1H3,(H2,17,20). The molecule has 2 rings (SSSR count). The van der Waals surface area contributed by atoms with Gasteiger partial charge in [0.2, 0.25) is 0 Å². The van der Waals surface area contributed by atoms with Gasteiger partial charge in [0.25, 0.3) is 0 Å². The molecule has 1 aromatic heterocycles. The maximum Gasteiger partial charge on any atom is 0.141 e. The first-order valence-corrected chi connectivity index (χ1v) is 6.85. The van der Waals surface area contributed by atoms with Crippen molar-refractivity contribution in [3.63, 3.8) is 0 Å². The largest absolute Gasteiger partial charge is 0.409 e. The van der Waals surface area contributed by atoms with Gasteiger partial charge >= 0.3 is 0 Å². The Morgan fingerprint density at radius 1 is 1.33 bits per heavy atom. The zero-order valence-corrected chi connectivity index (χ0v) is 12.0. The number of rotatable bonds is 6. The molecule has 1 aromatic carbocycles. The highest BCUT2D eigenvalue weighted by Crippen LogP contribution is 2.17. The molecule has 4 N–H and O–H groups in total. The van der Waals surface area contributed by atoms with E-state index in [4.69, 9.17) is 10.9 Å². The van der Waals surface area contributed by atoms with Gasteiger partial charge in [-0.2, -0.15) is 0 Å². The Balaban J connectivity index is 2.11. The molecular weight excluding hydrogens is 264 g/mol. The molecule has 0 spiro atoms. The number of nitrogens with zero attached hydrogens (tertiary/aromatic N) is 2. The van der Waals surface area contributed by atoms with E-state index in [-0.39, 0.29) is 11.9 Å². The number of aryl methyl sites for hydroxylation is 1. The van der Waals surface area contributed by atoms with E-state index in [9.17, 15) is 0 Å². The van der Waals surface area contributed by atoms with Crippen molar-refractivity contribution in [1.82, 2.24) is 10.3 Å². The van der Waals surface area contributed by atoms with Gasteiger partial charge in [0, 0.05) is 31.4 Å². The number of amidine groups is 1. The molecule has 0 saturated heterocycles. The summed E-state index contributed by atoms with van der Waals surface area (Å²) in [6, 6.07) is 12.0. The van der Waals surface area contributed by atoms with Crippen molar-refractivity contribution in [2.45, 2.75) is 25.9 Å². The maximum absolute atomic E-state index is 8.79. The predicted molar refractivity (Wildman–Crippen MR) is 83.0 cm³/mol. The summed E-state index contributed by atoms with van der Waals surface area (Å²) in [4.78, 5) is 4.09. The summed E-state index contributed by atoms with van der Waals surface area (Å²) in [6.45, 7) is 2.73. The van der Waals surface area contributed by atoms with E-state index in [1.807, 2.05) is 49.5 Å². The number of benzene rings is 1. The van der Waals surface area contributed by atoms with Crippen LogP contribution in [0.15, 0.2) is 53.9 Å². The van der Waals surface area contributed by atoms with Crippen LogP contribution in [0, 0.1) is 6.92 Å². The van der Waals surface area contributed by atoms with E-state index in [0.29, 0.717) is 13.0 Å². The number of pyridine rings is 1. The van der Waals surface area contributed by atoms with Gasteiger partial charge in [-0.15, -0.1) is 0 Å². The van der Waals surface area contributed by atoms with Gasteiger partial charge in [0.15, 0.2) is 0 Å². The molecule has 5 heteroatoms. The molecule has 0 bridgehead atoms. The smallest absolute Gasteiger partial charge is 0.141 e. The molecule has 1 atom stereocenters. The highest BCUT2D eigenvalue weighted by molar-refractivity contribution is 5.80. The van der Waals surface area contributed by atoms with E-state index in [0.717, 1.165) is 11.1 Å². The highest BCUT2D eigenvalue weighted by atomic mass is 16.4. The van der Waals surface area contributed by atoms with Crippen LogP contribution in [-0.4, -0.2) is 16.0 Å². The zero-order chi connectivity index (χ0) is 15.1. The third-order valence-corrected chi connectivity index (χ3v) is 3.42. The summed E-state index contributed by atoms with van der Waals surface area (Å²) >= 11 is 0. The number of oxime groups is 1. The first-order valence-electron chi connectivity index (χ1n) is 6.85. The molecule has 5 nitrogen and oxygen atoms in total. The average Bonchev–Trinajstić information content (AvgIpc) is 2.53. The van der Waals surface area contributed by atoms with Gasteiger partial charge in [-0.25, -0.2) is 0 Å². The summed E-state index contributed by atoms with van der Waals surface area (Å²) in [5.74, 6) is 0.211. The molecule has 1 heterocycles. The van der Waals surface area contributed by atoms with Crippen LogP contribution in [0.3, 0.4) is 0 Å². The van der Waals surface area contributed by atoms with Gasteiger partial charge in [-0.05, 0) is 29.7 Å². The molecule has 0 fully saturated rings. The number of hydrogen-bond acceptors (Lipinski definition) is 4. The fraction of sp³-hybridized carbons (Fsp3) is 0.250. The Hall–Kier alpha value is -2.40. The summed E-state index contributed by atoms with van der Waals surface area (Å²) in [6.07, 6.45) is 4.08. The van der Waals surface area contributed by atoms with Gasteiger partial charge in [-0.3, -0.25) is 4.98 Å². The molecule has 2 aromatic rings. The lowest BCUT2D eigenvalue weighted by Gasteiger charge is -2.19. The molecule has 21 heavy (non-hydrogen) atoms. The summed E-state index contributed by atoms with van der Waals surface area (Å²) in [5, 5.41) is 15.3. The lowest BCUT2D eigenvalue weighted by atomic mass is 10.0. The quantitative estimate of drug-likeness (QED) is 0.329. The van der Waals surface area contributed by atoms with Crippen LogP contribution in [0.5, 0.6) is 0 Å². The molecule has 0 radical (unpaired) electrons. The third-order valence-electron chi connectivity index (χ3n) is 3.42. The molecule has 110 valence electrons. The van der Waals surface area contributed by atoms with Crippen LogP contribution in [0.4, 0.5) is 0 Å². The first-order chi connectivity index (χ1) is 10.2. The molecular formula is C16H20N4O. The van der Waals surface area contributed by atoms with Gasteiger partial charge in [-0.1, -0.05) is 35.5 Å². The molecule has 0 aliphatic carbocycles. The second-order valence-electron chi connectivity index (χ2n) is 4.94.